The van der Waals surface area contributed by atoms with E-state index in [4.69, 9.17) is 9.79 Å². The first-order chi connectivity index (χ1) is 6.68. The molecule has 0 spiro atoms. The third-order valence-electron chi connectivity index (χ3n) is 1.52. The van der Waals surface area contributed by atoms with Crippen LogP contribution in [0, 0.1) is 0 Å². The quantitative estimate of drug-likeness (QED) is 0.774. The van der Waals surface area contributed by atoms with E-state index in [1.54, 1.807) is 0 Å². The monoisotopic (exact) mass is 241 g/mol. The summed E-state index contributed by atoms with van der Waals surface area (Å²) in [5, 5.41) is 0. The Hall–Kier alpha value is -0.910. The molecular weight excluding hydrogens is 234 g/mol. The second-order valence-corrected chi connectivity index (χ2v) is 4.50. The van der Waals surface area contributed by atoms with Gasteiger partial charge in [0.1, 0.15) is 0 Å². The lowest BCUT2D eigenvalue weighted by Gasteiger charge is -2.07. The molecule has 0 atom stereocenters. The first-order valence-electron chi connectivity index (χ1n) is 3.75. The number of rotatable bonds is 2. The smallest absolute Gasteiger partial charge is 0.324 e. The Morgan fingerprint density at radius 1 is 1.33 bits per heavy atom. The van der Waals surface area contributed by atoms with Crippen molar-refractivity contribution in [1.82, 2.24) is 4.98 Å². The fraction of sp³-hybridized carbons (Fsp3) is 0.286. The summed E-state index contributed by atoms with van der Waals surface area (Å²) >= 11 is 0. The Morgan fingerprint density at radius 2 is 1.93 bits per heavy atom. The van der Waals surface area contributed by atoms with Gasteiger partial charge in [-0.3, -0.25) is 9.55 Å². The zero-order valence-corrected chi connectivity index (χ0v) is 8.16. The van der Waals surface area contributed by atoms with Crippen LogP contribution in [0.2, 0.25) is 0 Å². The minimum absolute atomic E-state index is 0.0728. The van der Waals surface area contributed by atoms with Crippen molar-refractivity contribution in [3.8, 4) is 0 Å². The van der Waals surface area contributed by atoms with Crippen molar-refractivity contribution in [2.24, 2.45) is 0 Å². The molecular formula is C7H7F3NO3P. The molecule has 0 fully saturated rings. The average molecular weight is 241 g/mol. The molecule has 0 aliphatic carbocycles. The predicted octanol–water partition coefficient (Wildman–Crippen LogP) is 1.78. The van der Waals surface area contributed by atoms with Gasteiger partial charge in [0, 0.05) is 6.20 Å². The zero-order valence-electron chi connectivity index (χ0n) is 7.27. The van der Waals surface area contributed by atoms with Crippen LogP contribution < -0.4 is 0 Å². The summed E-state index contributed by atoms with van der Waals surface area (Å²) in [6.07, 6.45) is -4.61. The zero-order chi connectivity index (χ0) is 11.7. The van der Waals surface area contributed by atoms with Crippen molar-refractivity contribution in [3.63, 3.8) is 0 Å². The standard InChI is InChI=1S/C7H7F3NO3P/c8-7(9,10)5-1-2-6(11-3-5)4-15(12,13)14/h1-3H,4H2,(H2,12,13,14). The van der Waals surface area contributed by atoms with Crippen LogP contribution in [0.4, 0.5) is 13.2 Å². The second-order valence-electron chi connectivity index (χ2n) is 2.86. The first kappa shape index (κ1) is 12.2. The van der Waals surface area contributed by atoms with Crippen molar-refractivity contribution in [3.05, 3.63) is 29.6 Å². The second kappa shape index (κ2) is 3.92. The number of halogens is 3. The molecule has 4 nitrogen and oxygen atoms in total. The van der Waals surface area contributed by atoms with Crippen molar-refractivity contribution < 1.29 is 27.5 Å². The van der Waals surface area contributed by atoms with E-state index in [0.29, 0.717) is 6.20 Å². The number of hydrogen-bond acceptors (Lipinski definition) is 2. The van der Waals surface area contributed by atoms with Crippen molar-refractivity contribution in [2.75, 3.05) is 0 Å². The average Bonchev–Trinajstić information content (AvgIpc) is 2.00. The van der Waals surface area contributed by atoms with Gasteiger partial charge in [0.25, 0.3) is 0 Å². The Bertz CT molecular complexity index is 383. The Balaban J connectivity index is 2.87. The fourth-order valence-corrected chi connectivity index (χ4v) is 1.51. The maximum Gasteiger partial charge on any atom is 0.417 e. The largest absolute Gasteiger partial charge is 0.417 e. The van der Waals surface area contributed by atoms with Gasteiger partial charge in [-0.2, -0.15) is 13.2 Å². The van der Waals surface area contributed by atoms with E-state index in [0.717, 1.165) is 12.1 Å². The van der Waals surface area contributed by atoms with Gasteiger partial charge in [-0.05, 0) is 12.1 Å². The molecule has 84 valence electrons. The summed E-state index contributed by atoms with van der Waals surface area (Å²) in [4.78, 5) is 20.4. The molecule has 0 saturated heterocycles. The molecule has 8 heteroatoms. The molecule has 0 saturated carbocycles. The lowest BCUT2D eigenvalue weighted by atomic mass is 10.2. The van der Waals surface area contributed by atoms with E-state index in [-0.39, 0.29) is 5.69 Å². The highest BCUT2D eigenvalue weighted by Crippen LogP contribution is 2.38. The third kappa shape index (κ3) is 3.99. The van der Waals surface area contributed by atoms with E-state index in [1.807, 2.05) is 0 Å². The Morgan fingerprint density at radius 3 is 2.27 bits per heavy atom. The molecule has 1 aromatic heterocycles. The highest BCUT2D eigenvalue weighted by molar-refractivity contribution is 7.50. The van der Waals surface area contributed by atoms with Crippen LogP contribution in [-0.2, 0) is 16.9 Å². The summed E-state index contributed by atoms with van der Waals surface area (Å²) in [6, 6.07) is 1.68. The van der Waals surface area contributed by atoms with E-state index in [9.17, 15) is 17.7 Å². The fourth-order valence-electron chi connectivity index (χ4n) is 0.897. The minimum Gasteiger partial charge on any atom is -0.324 e. The van der Waals surface area contributed by atoms with E-state index >= 15 is 0 Å². The van der Waals surface area contributed by atoms with Crippen LogP contribution >= 0.6 is 7.60 Å². The maximum atomic E-state index is 12.1. The Labute approximate surface area is 82.9 Å². The molecule has 0 bridgehead atoms. The number of alkyl halides is 3. The van der Waals surface area contributed by atoms with Gasteiger partial charge in [0.15, 0.2) is 0 Å². The molecule has 1 aromatic rings. The van der Waals surface area contributed by atoms with Crippen LogP contribution in [-0.4, -0.2) is 14.8 Å². The lowest BCUT2D eigenvalue weighted by Crippen LogP contribution is -2.05. The van der Waals surface area contributed by atoms with E-state index in [1.165, 1.54) is 0 Å². The predicted molar refractivity (Wildman–Crippen MR) is 45.0 cm³/mol. The molecule has 15 heavy (non-hydrogen) atoms. The molecule has 1 heterocycles. The van der Waals surface area contributed by atoms with Crippen LogP contribution in [0.1, 0.15) is 11.3 Å². The van der Waals surface area contributed by atoms with Gasteiger partial charge in [0.05, 0.1) is 17.4 Å². The molecule has 0 aromatic carbocycles. The van der Waals surface area contributed by atoms with Gasteiger partial charge in [-0.25, -0.2) is 0 Å². The molecule has 2 N–H and O–H groups in total. The van der Waals surface area contributed by atoms with Gasteiger partial charge in [0.2, 0.25) is 0 Å². The van der Waals surface area contributed by atoms with E-state index < -0.39 is 25.5 Å². The van der Waals surface area contributed by atoms with Gasteiger partial charge in [-0.1, -0.05) is 0 Å². The third-order valence-corrected chi connectivity index (χ3v) is 2.26. The van der Waals surface area contributed by atoms with Crippen molar-refractivity contribution >= 4 is 7.60 Å². The van der Waals surface area contributed by atoms with Crippen molar-refractivity contribution in [1.29, 1.82) is 0 Å². The summed E-state index contributed by atoms with van der Waals surface area (Å²) in [5.41, 5.74) is -1.02. The van der Waals surface area contributed by atoms with Crippen LogP contribution in [0.3, 0.4) is 0 Å². The highest BCUT2D eigenvalue weighted by Gasteiger charge is 2.30. The maximum absolute atomic E-state index is 12.1. The van der Waals surface area contributed by atoms with Gasteiger partial charge >= 0.3 is 13.8 Å². The number of hydrogen-bond donors (Lipinski definition) is 2. The summed E-state index contributed by atoms with van der Waals surface area (Å²) < 4.78 is 46.7. The molecule has 0 aliphatic rings. The van der Waals surface area contributed by atoms with Crippen LogP contribution in [0.5, 0.6) is 0 Å². The topological polar surface area (TPSA) is 70.4 Å². The molecule has 1 rings (SSSR count). The first-order valence-corrected chi connectivity index (χ1v) is 5.55. The van der Waals surface area contributed by atoms with Crippen LogP contribution in [0.25, 0.3) is 0 Å². The molecule has 0 aliphatic heterocycles. The van der Waals surface area contributed by atoms with Gasteiger partial charge < -0.3 is 9.79 Å². The van der Waals surface area contributed by atoms with E-state index in [2.05, 4.69) is 4.98 Å². The van der Waals surface area contributed by atoms with Crippen LogP contribution in [0.15, 0.2) is 18.3 Å². The summed E-state index contributed by atoms with van der Waals surface area (Å²) in [6.45, 7) is 0. The normalized spacial score (nSPS) is 12.9. The summed E-state index contributed by atoms with van der Waals surface area (Å²) in [7, 11) is -4.29. The number of pyridine rings is 1. The van der Waals surface area contributed by atoms with Gasteiger partial charge in [-0.15, -0.1) is 0 Å². The molecule has 0 radical (unpaired) electrons. The SMILES string of the molecule is O=P(O)(O)Cc1ccc(C(F)(F)F)cn1. The number of aromatic nitrogens is 1. The highest BCUT2D eigenvalue weighted by atomic mass is 31.2. The molecule has 0 unspecified atom stereocenters. The van der Waals surface area contributed by atoms with Crippen molar-refractivity contribution in [2.45, 2.75) is 12.3 Å². The number of nitrogens with zero attached hydrogens (tertiary/aromatic N) is 1. The minimum atomic E-state index is -4.49. The summed E-state index contributed by atoms with van der Waals surface area (Å²) in [5.74, 6) is 0. The molecule has 0 amide bonds. The lowest BCUT2D eigenvalue weighted by molar-refractivity contribution is -0.137. The Kier molecular flexibility index (Phi) is 3.18.